The Balaban J connectivity index is 1.89. The molecule has 0 aliphatic carbocycles. The van der Waals surface area contributed by atoms with Crippen molar-refractivity contribution in [3.63, 3.8) is 0 Å². The van der Waals surface area contributed by atoms with Gasteiger partial charge < -0.3 is 4.90 Å². The van der Waals surface area contributed by atoms with Gasteiger partial charge in [0.15, 0.2) is 0 Å². The molecule has 0 spiro atoms. The van der Waals surface area contributed by atoms with Crippen molar-refractivity contribution in [1.29, 1.82) is 0 Å². The molecule has 1 aromatic carbocycles. The van der Waals surface area contributed by atoms with Crippen molar-refractivity contribution in [3.8, 4) is 0 Å². The van der Waals surface area contributed by atoms with Gasteiger partial charge in [-0.15, -0.1) is 0 Å². The molecule has 1 aromatic heterocycles. The summed E-state index contributed by atoms with van der Waals surface area (Å²) in [5, 5.41) is 0. The normalized spacial score (nSPS) is 13.5. The van der Waals surface area contributed by atoms with Gasteiger partial charge in [-0.3, -0.25) is 4.98 Å². The average Bonchev–Trinajstić information content (AvgIpc) is 2.40. The lowest BCUT2D eigenvalue weighted by Crippen LogP contribution is -2.19. The van der Waals surface area contributed by atoms with Crippen LogP contribution in [0.4, 0.5) is 5.69 Å². The monoisotopic (exact) mass is 222 g/mol. The standard InChI is InChI=1S/C15H14N2/c1-2-6-15-14(4-1)5-3-11-17(15)12-13-7-9-16-10-8-13/h1-4,6-11H,5,12H2. The highest BCUT2D eigenvalue weighted by atomic mass is 15.1. The number of benzene rings is 1. The second-order valence-corrected chi connectivity index (χ2v) is 4.20. The van der Waals surface area contributed by atoms with E-state index in [0.29, 0.717) is 0 Å². The van der Waals surface area contributed by atoms with Crippen LogP contribution in [-0.4, -0.2) is 4.98 Å². The van der Waals surface area contributed by atoms with Crippen LogP contribution >= 0.6 is 0 Å². The number of allylic oxidation sites excluding steroid dienone is 1. The molecule has 1 aliphatic heterocycles. The zero-order valence-corrected chi connectivity index (χ0v) is 9.58. The molecule has 17 heavy (non-hydrogen) atoms. The Hall–Kier alpha value is -2.09. The van der Waals surface area contributed by atoms with Gasteiger partial charge in [-0.1, -0.05) is 24.3 Å². The molecule has 0 bridgehead atoms. The maximum Gasteiger partial charge on any atom is 0.0476 e. The fourth-order valence-corrected chi connectivity index (χ4v) is 2.17. The maximum absolute atomic E-state index is 4.05. The largest absolute Gasteiger partial charge is 0.344 e. The third-order valence-electron chi connectivity index (χ3n) is 3.03. The van der Waals surface area contributed by atoms with Crippen LogP contribution in [0.15, 0.2) is 61.1 Å². The van der Waals surface area contributed by atoms with Crippen molar-refractivity contribution < 1.29 is 0 Å². The van der Waals surface area contributed by atoms with Gasteiger partial charge in [0.2, 0.25) is 0 Å². The first-order chi connectivity index (χ1) is 8.43. The van der Waals surface area contributed by atoms with Crippen LogP contribution in [0.2, 0.25) is 0 Å². The van der Waals surface area contributed by atoms with Crippen LogP contribution in [0, 0.1) is 0 Å². The summed E-state index contributed by atoms with van der Waals surface area (Å²) in [6, 6.07) is 12.7. The maximum atomic E-state index is 4.05. The Morgan fingerprint density at radius 3 is 2.76 bits per heavy atom. The Morgan fingerprint density at radius 2 is 1.88 bits per heavy atom. The molecular formula is C15H14N2. The highest BCUT2D eigenvalue weighted by molar-refractivity contribution is 5.58. The Morgan fingerprint density at radius 1 is 1.06 bits per heavy atom. The summed E-state index contributed by atoms with van der Waals surface area (Å²) in [6.45, 7) is 0.899. The molecular weight excluding hydrogens is 208 g/mol. The van der Waals surface area contributed by atoms with Crippen LogP contribution in [0.1, 0.15) is 11.1 Å². The van der Waals surface area contributed by atoms with Crippen LogP contribution in [0.25, 0.3) is 0 Å². The van der Waals surface area contributed by atoms with Gasteiger partial charge in [0, 0.05) is 30.8 Å². The summed E-state index contributed by atoms with van der Waals surface area (Å²) in [5.74, 6) is 0. The van der Waals surface area contributed by atoms with Gasteiger partial charge >= 0.3 is 0 Å². The van der Waals surface area contributed by atoms with E-state index in [1.807, 2.05) is 12.4 Å². The summed E-state index contributed by atoms with van der Waals surface area (Å²) in [6.07, 6.45) is 9.10. The van der Waals surface area contributed by atoms with Crippen molar-refractivity contribution in [2.75, 3.05) is 4.90 Å². The van der Waals surface area contributed by atoms with Crippen molar-refractivity contribution in [1.82, 2.24) is 4.98 Å². The SMILES string of the molecule is C1=CN(Cc2ccncc2)c2ccccc2C1. The van der Waals surface area contributed by atoms with Crippen LogP contribution in [0.5, 0.6) is 0 Å². The summed E-state index contributed by atoms with van der Waals surface area (Å²) in [7, 11) is 0. The van der Waals surface area contributed by atoms with Crippen molar-refractivity contribution in [2.45, 2.75) is 13.0 Å². The molecule has 3 rings (SSSR count). The van der Waals surface area contributed by atoms with E-state index in [-0.39, 0.29) is 0 Å². The van der Waals surface area contributed by atoms with E-state index in [2.05, 4.69) is 58.6 Å². The lowest BCUT2D eigenvalue weighted by molar-refractivity contribution is 0.930. The number of anilines is 1. The minimum atomic E-state index is 0.899. The summed E-state index contributed by atoms with van der Waals surface area (Å²) in [4.78, 5) is 6.33. The van der Waals surface area contributed by atoms with E-state index in [9.17, 15) is 0 Å². The van der Waals surface area contributed by atoms with Crippen LogP contribution < -0.4 is 4.90 Å². The van der Waals surface area contributed by atoms with E-state index < -0.39 is 0 Å². The van der Waals surface area contributed by atoms with E-state index in [1.165, 1.54) is 16.8 Å². The van der Waals surface area contributed by atoms with E-state index in [0.717, 1.165) is 13.0 Å². The van der Waals surface area contributed by atoms with Gasteiger partial charge in [0.1, 0.15) is 0 Å². The third kappa shape index (κ3) is 2.07. The zero-order chi connectivity index (χ0) is 11.5. The fourth-order valence-electron chi connectivity index (χ4n) is 2.17. The molecule has 84 valence electrons. The lowest BCUT2D eigenvalue weighted by atomic mass is 10.1. The topological polar surface area (TPSA) is 16.1 Å². The predicted molar refractivity (Wildman–Crippen MR) is 69.7 cm³/mol. The summed E-state index contributed by atoms with van der Waals surface area (Å²) < 4.78 is 0. The molecule has 2 heterocycles. The smallest absolute Gasteiger partial charge is 0.0476 e. The number of hydrogen-bond donors (Lipinski definition) is 0. The molecule has 0 fully saturated rings. The number of hydrogen-bond acceptors (Lipinski definition) is 2. The first kappa shape index (κ1) is 10.1. The number of para-hydroxylation sites is 1. The fraction of sp³-hybridized carbons (Fsp3) is 0.133. The van der Waals surface area contributed by atoms with Gasteiger partial charge in [0.25, 0.3) is 0 Å². The first-order valence-corrected chi connectivity index (χ1v) is 5.83. The van der Waals surface area contributed by atoms with Crippen molar-refractivity contribution in [3.05, 3.63) is 72.2 Å². The number of pyridine rings is 1. The second-order valence-electron chi connectivity index (χ2n) is 4.20. The highest BCUT2D eigenvalue weighted by Crippen LogP contribution is 2.26. The second kappa shape index (κ2) is 4.42. The van der Waals surface area contributed by atoms with E-state index >= 15 is 0 Å². The Kier molecular flexibility index (Phi) is 2.62. The van der Waals surface area contributed by atoms with Crippen molar-refractivity contribution >= 4 is 5.69 Å². The summed E-state index contributed by atoms with van der Waals surface area (Å²) in [5.41, 5.74) is 3.98. The molecule has 0 saturated carbocycles. The predicted octanol–water partition coefficient (Wildman–Crippen LogP) is 3.16. The minimum Gasteiger partial charge on any atom is -0.344 e. The van der Waals surface area contributed by atoms with Crippen LogP contribution in [-0.2, 0) is 13.0 Å². The third-order valence-corrected chi connectivity index (χ3v) is 3.03. The van der Waals surface area contributed by atoms with Crippen LogP contribution in [0.3, 0.4) is 0 Å². The molecule has 0 radical (unpaired) electrons. The molecule has 0 amide bonds. The Bertz CT molecular complexity index is 532. The highest BCUT2D eigenvalue weighted by Gasteiger charge is 2.11. The van der Waals surface area contributed by atoms with Gasteiger partial charge in [-0.25, -0.2) is 0 Å². The number of aromatic nitrogens is 1. The molecule has 2 heteroatoms. The van der Waals surface area contributed by atoms with E-state index in [4.69, 9.17) is 0 Å². The number of rotatable bonds is 2. The minimum absolute atomic E-state index is 0.899. The zero-order valence-electron chi connectivity index (χ0n) is 9.58. The molecule has 2 nitrogen and oxygen atoms in total. The van der Waals surface area contributed by atoms with Gasteiger partial charge in [0.05, 0.1) is 0 Å². The van der Waals surface area contributed by atoms with Gasteiger partial charge in [-0.2, -0.15) is 0 Å². The number of nitrogens with zero attached hydrogens (tertiary/aromatic N) is 2. The Labute approximate surface area is 101 Å². The molecule has 1 aliphatic rings. The van der Waals surface area contributed by atoms with Gasteiger partial charge in [-0.05, 0) is 35.7 Å². The lowest BCUT2D eigenvalue weighted by Gasteiger charge is -2.26. The average molecular weight is 222 g/mol. The van der Waals surface area contributed by atoms with E-state index in [1.54, 1.807) is 0 Å². The molecule has 2 aromatic rings. The molecule has 0 unspecified atom stereocenters. The van der Waals surface area contributed by atoms with Crippen molar-refractivity contribution in [2.24, 2.45) is 0 Å². The quantitative estimate of drug-likeness (QED) is 0.776. The summed E-state index contributed by atoms with van der Waals surface area (Å²) >= 11 is 0. The molecule has 0 saturated heterocycles. The first-order valence-electron chi connectivity index (χ1n) is 5.83. The number of fused-ring (bicyclic) bond motifs is 1. The molecule has 0 N–H and O–H groups in total. The molecule has 0 atom stereocenters.